The molecule has 24 heavy (non-hydrogen) atoms. The van der Waals surface area contributed by atoms with Crippen LogP contribution in [0.15, 0.2) is 23.1 Å². The molecule has 1 aliphatic rings. The number of nitro benzene ring substituents is 1. The van der Waals surface area contributed by atoms with Gasteiger partial charge in [-0.15, -0.1) is 0 Å². The van der Waals surface area contributed by atoms with Crippen molar-refractivity contribution in [3.05, 3.63) is 28.3 Å². The number of anilines is 1. The standard InChI is InChI=1S/C15H21N3O5S/c1-11(19)16(2)12-7-9-17(10-8-12)13-5-4-6-14(24(3,22)23)15(13)18(20)21/h4-6,12H,7-10H2,1-3H3. The predicted octanol–water partition coefficient (Wildman–Crippen LogP) is 1.45. The zero-order valence-electron chi connectivity index (χ0n) is 13.9. The fourth-order valence-corrected chi connectivity index (χ4v) is 3.86. The van der Waals surface area contributed by atoms with Crippen LogP contribution in [-0.4, -0.2) is 56.6 Å². The minimum Gasteiger partial charge on any atom is -0.366 e. The lowest BCUT2D eigenvalue weighted by Gasteiger charge is -2.37. The van der Waals surface area contributed by atoms with E-state index in [9.17, 15) is 23.3 Å². The molecule has 1 aromatic rings. The molecule has 0 saturated carbocycles. The topological polar surface area (TPSA) is 101 Å². The van der Waals surface area contributed by atoms with Gasteiger partial charge in [-0.1, -0.05) is 6.07 Å². The lowest BCUT2D eigenvalue weighted by atomic mass is 10.0. The monoisotopic (exact) mass is 355 g/mol. The Labute approximate surface area is 141 Å². The number of carbonyl (C=O) groups is 1. The average molecular weight is 355 g/mol. The maximum absolute atomic E-state index is 11.8. The second-order valence-electron chi connectivity index (χ2n) is 6.00. The summed E-state index contributed by atoms with van der Waals surface area (Å²) < 4.78 is 23.7. The molecule has 1 aromatic carbocycles. The molecule has 1 amide bonds. The Bertz CT molecular complexity index is 754. The first-order valence-corrected chi connectivity index (χ1v) is 9.48. The smallest absolute Gasteiger partial charge is 0.311 e. The Morgan fingerprint density at radius 3 is 2.38 bits per heavy atom. The molecule has 0 radical (unpaired) electrons. The van der Waals surface area contributed by atoms with E-state index in [1.807, 2.05) is 4.90 Å². The van der Waals surface area contributed by atoms with Crippen molar-refractivity contribution in [1.29, 1.82) is 0 Å². The second kappa shape index (κ2) is 6.76. The molecule has 0 unspecified atom stereocenters. The van der Waals surface area contributed by atoms with E-state index in [4.69, 9.17) is 0 Å². The highest BCUT2D eigenvalue weighted by atomic mass is 32.2. The summed E-state index contributed by atoms with van der Waals surface area (Å²) >= 11 is 0. The van der Waals surface area contributed by atoms with Crippen molar-refractivity contribution in [3.8, 4) is 0 Å². The van der Waals surface area contributed by atoms with Crippen LogP contribution in [0.5, 0.6) is 0 Å². The largest absolute Gasteiger partial charge is 0.366 e. The third-order valence-electron chi connectivity index (χ3n) is 4.41. The van der Waals surface area contributed by atoms with Crippen molar-refractivity contribution in [3.63, 3.8) is 0 Å². The van der Waals surface area contributed by atoms with Crippen LogP contribution in [0.1, 0.15) is 19.8 Å². The van der Waals surface area contributed by atoms with E-state index in [1.54, 1.807) is 18.0 Å². The number of para-hydroxylation sites is 1. The van der Waals surface area contributed by atoms with Crippen LogP contribution in [0.2, 0.25) is 0 Å². The number of nitro groups is 1. The number of carbonyl (C=O) groups excluding carboxylic acids is 1. The van der Waals surface area contributed by atoms with Gasteiger partial charge in [-0.05, 0) is 25.0 Å². The molecule has 0 aromatic heterocycles. The van der Waals surface area contributed by atoms with Gasteiger partial charge in [0, 0.05) is 39.4 Å². The lowest BCUT2D eigenvalue weighted by Crippen LogP contribution is -2.45. The van der Waals surface area contributed by atoms with E-state index in [0.717, 1.165) is 6.26 Å². The summed E-state index contributed by atoms with van der Waals surface area (Å²) in [7, 11) is -1.95. The number of piperidine rings is 1. The maximum atomic E-state index is 11.8. The Morgan fingerprint density at radius 2 is 1.92 bits per heavy atom. The highest BCUT2D eigenvalue weighted by molar-refractivity contribution is 7.90. The summed E-state index contributed by atoms with van der Waals surface area (Å²) in [4.78, 5) is 25.5. The zero-order chi connectivity index (χ0) is 18.1. The summed E-state index contributed by atoms with van der Waals surface area (Å²) in [6.45, 7) is 2.56. The van der Waals surface area contributed by atoms with Crippen LogP contribution in [0.25, 0.3) is 0 Å². The van der Waals surface area contributed by atoms with Crippen LogP contribution in [0.3, 0.4) is 0 Å². The van der Waals surface area contributed by atoms with Gasteiger partial charge in [0.15, 0.2) is 9.84 Å². The number of rotatable bonds is 4. The van der Waals surface area contributed by atoms with Crippen LogP contribution in [0, 0.1) is 10.1 Å². The highest BCUT2D eigenvalue weighted by Crippen LogP contribution is 2.36. The Balaban J connectivity index is 2.31. The molecule has 0 aliphatic carbocycles. The summed E-state index contributed by atoms with van der Waals surface area (Å²) in [6, 6.07) is 4.44. The van der Waals surface area contributed by atoms with Crippen LogP contribution >= 0.6 is 0 Å². The van der Waals surface area contributed by atoms with Gasteiger partial charge in [-0.25, -0.2) is 8.42 Å². The van der Waals surface area contributed by atoms with Gasteiger partial charge in [0.2, 0.25) is 5.91 Å². The van der Waals surface area contributed by atoms with Gasteiger partial charge < -0.3 is 9.80 Å². The fourth-order valence-electron chi connectivity index (χ4n) is 3.00. The number of hydrogen-bond donors (Lipinski definition) is 0. The van der Waals surface area contributed by atoms with Crippen molar-refractivity contribution in [2.24, 2.45) is 0 Å². The summed E-state index contributed by atoms with van der Waals surface area (Å²) in [5.74, 6) is -0.0153. The van der Waals surface area contributed by atoms with Gasteiger partial charge in [0.25, 0.3) is 0 Å². The Morgan fingerprint density at radius 1 is 1.33 bits per heavy atom. The molecule has 0 spiro atoms. The molecule has 1 saturated heterocycles. The van der Waals surface area contributed by atoms with E-state index in [2.05, 4.69) is 0 Å². The van der Waals surface area contributed by atoms with Gasteiger partial charge in [-0.2, -0.15) is 0 Å². The van der Waals surface area contributed by atoms with Crippen LogP contribution in [0.4, 0.5) is 11.4 Å². The zero-order valence-corrected chi connectivity index (χ0v) is 14.7. The number of amides is 1. The van der Waals surface area contributed by atoms with E-state index < -0.39 is 14.8 Å². The van der Waals surface area contributed by atoms with E-state index in [-0.39, 0.29) is 22.5 Å². The second-order valence-corrected chi connectivity index (χ2v) is 7.99. The number of benzene rings is 1. The van der Waals surface area contributed by atoms with Crippen LogP contribution < -0.4 is 4.90 Å². The SMILES string of the molecule is CC(=O)N(C)C1CCN(c2cccc(S(C)(=O)=O)c2[N+](=O)[O-])CC1. The summed E-state index contributed by atoms with van der Waals surface area (Å²) in [5, 5.41) is 11.5. The molecule has 0 atom stereocenters. The van der Waals surface area contributed by atoms with Gasteiger partial charge in [-0.3, -0.25) is 14.9 Å². The van der Waals surface area contributed by atoms with E-state index >= 15 is 0 Å². The van der Waals surface area contributed by atoms with Crippen molar-refractivity contribution in [2.45, 2.75) is 30.7 Å². The van der Waals surface area contributed by atoms with Gasteiger partial charge in [0.05, 0.1) is 4.92 Å². The molecule has 0 bridgehead atoms. The molecule has 1 aliphatic heterocycles. The van der Waals surface area contributed by atoms with E-state index in [1.165, 1.54) is 19.1 Å². The first-order valence-electron chi connectivity index (χ1n) is 7.58. The maximum Gasteiger partial charge on any atom is 0.311 e. The molecule has 1 heterocycles. The van der Waals surface area contributed by atoms with E-state index in [0.29, 0.717) is 31.6 Å². The van der Waals surface area contributed by atoms with Gasteiger partial charge >= 0.3 is 5.69 Å². The Kier molecular flexibility index (Phi) is 5.12. The van der Waals surface area contributed by atoms with Gasteiger partial charge in [0.1, 0.15) is 10.6 Å². The van der Waals surface area contributed by atoms with Crippen molar-refractivity contribution >= 4 is 27.1 Å². The lowest BCUT2D eigenvalue weighted by molar-refractivity contribution is -0.387. The fraction of sp³-hybridized carbons (Fsp3) is 0.533. The predicted molar refractivity (Wildman–Crippen MR) is 89.9 cm³/mol. The number of nitrogens with zero attached hydrogens (tertiary/aromatic N) is 3. The highest BCUT2D eigenvalue weighted by Gasteiger charge is 2.31. The van der Waals surface area contributed by atoms with Crippen molar-refractivity contribution in [2.75, 3.05) is 31.3 Å². The summed E-state index contributed by atoms with van der Waals surface area (Å²) in [6.07, 6.45) is 2.32. The Hall–Kier alpha value is -2.16. The molecular weight excluding hydrogens is 334 g/mol. The normalized spacial score (nSPS) is 16.0. The van der Waals surface area contributed by atoms with Crippen LogP contribution in [-0.2, 0) is 14.6 Å². The summed E-state index contributed by atoms with van der Waals surface area (Å²) in [5.41, 5.74) is -0.0646. The molecule has 0 N–H and O–H groups in total. The molecule has 8 nitrogen and oxygen atoms in total. The third-order valence-corrected chi connectivity index (χ3v) is 5.54. The number of hydrogen-bond acceptors (Lipinski definition) is 6. The van der Waals surface area contributed by atoms with Crippen molar-refractivity contribution in [1.82, 2.24) is 4.90 Å². The first kappa shape index (κ1) is 18.2. The minimum atomic E-state index is -3.70. The first-order chi connectivity index (χ1) is 11.1. The molecule has 9 heteroatoms. The quantitative estimate of drug-likeness (QED) is 0.598. The number of sulfone groups is 1. The molecule has 1 fully saturated rings. The minimum absolute atomic E-state index is 0.0153. The van der Waals surface area contributed by atoms with Crippen molar-refractivity contribution < 1.29 is 18.1 Å². The average Bonchev–Trinajstić information content (AvgIpc) is 2.52. The molecule has 132 valence electrons. The third kappa shape index (κ3) is 3.66. The molecule has 2 rings (SSSR count). The molecular formula is C15H21N3O5S.